The fourth-order valence-corrected chi connectivity index (χ4v) is 2.73. The molecular weight excluding hydrogens is 250 g/mol. The predicted octanol–water partition coefficient (Wildman–Crippen LogP) is 3.29. The Morgan fingerprint density at radius 1 is 1.05 bits per heavy atom. The Labute approximate surface area is 118 Å². The van der Waals surface area contributed by atoms with Gasteiger partial charge in [-0.2, -0.15) is 0 Å². The van der Waals surface area contributed by atoms with Gasteiger partial charge >= 0.3 is 5.97 Å². The van der Waals surface area contributed by atoms with Crippen molar-refractivity contribution in [3.8, 4) is 0 Å². The van der Waals surface area contributed by atoms with E-state index in [1.807, 2.05) is 12.1 Å². The van der Waals surface area contributed by atoms with Gasteiger partial charge in [-0.05, 0) is 23.3 Å². The van der Waals surface area contributed by atoms with Crippen LogP contribution in [-0.4, -0.2) is 19.6 Å². The lowest BCUT2D eigenvalue weighted by molar-refractivity contribution is -0.140. The molecule has 0 fully saturated rings. The van der Waals surface area contributed by atoms with Crippen molar-refractivity contribution >= 4 is 17.3 Å². The minimum Gasteiger partial charge on any atom is -0.469 e. The van der Waals surface area contributed by atoms with E-state index < -0.39 is 0 Å². The molecule has 0 aliphatic carbocycles. The molecule has 1 aliphatic heterocycles. The summed E-state index contributed by atoms with van der Waals surface area (Å²) in [5.74, 6) is -0.175. The van der Waals surface area contributed by atoms with Crippen LogP contribution >= 0.6 is 0 Å². The van der Waals surface area contributed by atoms with E-state index in [-0.39, 0.29) is 5.97 Å². The van der Waals surface area contributed by atoms with Crippen LogP contribution in [0.3, 0.4) is 0 Å². The maximum absolute atomic E-state index is 11.4. The highest BCUT2D eigenvalue weighted by molar-refractivity contribution is 5.76. The van der Waals surface area contributed by atoms with E-state index in [0.717, 1.165) is 6.42 Å². The summed E-state index contributed by atoms with van der Waals surface area (Å²) in [7, 11) is 1.43. The largest absolute Gasteiger partial charge is 0.469 e. The second kappa shape index (κ2) is 5.37. The van der Waals surface area contributed by atoms with Gasteiger partial charge in [0.05, 0.1) is 13.5 Å². The van der Waals surface area contributed by atoms with Crippen molar-refractivity contribution in [2.45, 2.75) is 12.8 Å². The summed E-state index contributed by atoms with van der Waals surface area (Å²) in [5.41, 5.74) is 4.98. The smallest absolute Gasteiger partial charge is 0.307 e. The normalized spacial score (nSPS) is 12.6. The zero-order chi connectivity index (χ0) is 13.9. The molecule has 20 heavy (non-hydrogen) atoms. The first-order chi connectivity index (χ1) is 9.79. The summed E-state index contributed by atoms with van der Waals surface area (Å²) in [6.07, 6.45) is 1.33. The van der Waals surface area contributed by atoms with Gasteiger partial charge < -0.3 is 9.64 Å². The van der Waals surface area contributed by atoms with Gasteiger partial charge in [0.25, 0.3) is 0 Å². The molecule has 0 atom stereocenters. The van der Waals surface area contributed by atoms with Crippen LogP contribution in [0.15, 0.2) is 48.5 Å². The van der Waals surface area contributed by atoms with Crippen LogP contribution in [0.4, 0.5) is 11.4 Å². The molecule has 3 heteroatoms. The van der Waals surface area contributed by atoms with Crippen molar-refractivity contribution < 1.29 is 9.53 Å². The van der Waals surface area contributed by atoms with E-state index >= 15 is 0 Å². The fraction of sp³-hybridized carbons (Fsp3) is 0.235. The average Bonchev–Trinajstić information content (AvgIpc) is 2.51. The molecule has 1 aliphatic rings. The first-order valence-electron chi connectivity index (χ1n) is 6.80. The van der Waals surface area contributed by atoms with Crippen LogP contribution in [-0.2, 0) is 16.0 Å². The number of para-hydroxylation sites is 2. The summed E-state index contributed by atoms with van der Waals surface area (Å²) in [5, 5.41) is 0. The van der Waals surface area contributed by atoms with Gasteiger partial charge in [-0.1, -0.05) is 36.4 Å². The van der Waals surface area contributed by atoms with Crippen LogP contribution in [0.2, 0.25) is 0 Å². The number of hydrogen-bond donors (Lipinski definition) is 0. The fourth-order valence-electron chi connectivity index (χ4n) is 2.73. The second-order valence-corrected chi connectivity index (χ2v) is 4.91. The number of carbonyl (C=O) groups is 1. The Balaban J connectivity index is 1.97. The number of ether oxygens (including phenoxy) is 1. The first kappa shape index (κ1) is 12.7. The van der Waals surface area contributed by atoms with Crippen LogP contribution in [0.5, 0.6) is 0 Å². The third-order valence-corrected chi connectivity index (χ3v) is 3.71. The van der Waals surface area contributed by atoms with Crippen molar-refractivity contribution in [3.63, 3.8) is 0 Å². The minimum atomic E-state index is -0.175. The maximum Gasteiger partial charge on any atom is 0.307 e. The topological polar surface area (TPSA) is 29.5 Å². The third-order valence-electron chi connectivity index (χ3n) is 3.71. The Kier molecular flexibility index (Phi) is 3.42. The van der Waals surface area contributed by atoms with E-state index in [2.05, 4.69) is 41.3 Å². The number of rotatable bonds is 3. The lowest BCUT2D eigenvalue weighted by Gasteiger charge is -2.33. The van der Waals surface area contributed by atoms with Crippen molar-refractivity contribution in [1.29, 1.82) is 0 Å². The molecule has 2 aromatic rings. The first-order valence-corrected chi connectivity index (χ1v) is 6.80. The number of fused-ring (bicyclic) bond motifs is 2. The van der Waals surface area contributed by atoms with Gasteiger partial charge in [0.15, 0.2) is 0 Å². The molecule has 0 radical (unpaired) electrons. The van der Waals surface area contributed by atoms with Crippen molar-refractivity contribution in [2.24, 2.45) is 0 Å². The molecule has 0 unspecified atom stereocenters. The predicted molar refractivity (Wildman–Crippen MR) is 79.3 cm³/mol. The summed E-state index contributed by atoms with van der Waals surface area (Å²) < 4.78 is 4.75. The molecule has 102 valence electrons. The number of hydrogen-bond acceptors (Lipinski definition) is 3. The van der Waals surface area contributed by atoms with Crippen LogP contribution in [0, 0.1) is 0 Å². The summed E-state index contributed by atoms with van der Waals surface area (Å²) in [6.45, 7) is 0.640. The maximum atomic E-state index is 11.4. The zero-order valence-corrected chi connectivity index (χ0v) is 11.5. The number of carbonyl (C=O) groups excluding carboxylic acids is 1. The monoisotopic (exact) mass is 267 g/mol. The van der Waals surface area contributed by atoms with Crippen LogP contribution in [0.25, 0.3) is 0 Å². The number of anilines is 2. The molecule has 3 nitrogen and oxygen atoms in total. The molecular formula is C17H17NO2. The number of methoxy groups -OCH3 is 1. The van der Waals surface area contributed by atoms with Crippen LogP contribution < -0.4 is 4.90 Å². The van der Waals surface area contributed by atoms with Crippen molar-refractivity contribution in [2.75, 3.05) is 18.6 Å². The SMILES string of the molecule is COC(=O)CCN1c2ccccc2Cc2ccccc21. The molecule has 1 heterocycles. The quantitative estimate of drug-likeness (QED) is 0.799. The highest BCUT2D eigenvalue weighted by Gasteiger charge is 2.22. The number of esters is 1. The van der Waals surface area contributed by atoms with Gasteiger partial charge in [0.1, 0.15) is 0 Å². The summed E-state index contributed by atoms with van der Waals surface area (Å²) in [6, 6.07) is 16.7. The molecule has 0 saturated carbocycles. The lowest BCUT2D eigenvalue weighted by atomic mass is 9.95. The van der Waals surface area contributed by atoms with E-state index in [0.29, 0.717) is 13.0 Å². The Morgan fingerprint density at radius 2 is 1.60 bits per heavy atom. The van der Waals surface area contributed by atoms with E-state index in [9.17, 15) is 4.79 Å². The second-order valence-electron chi connectivity index (χ2n) is 4.91. The summed E-state index contributed by atoms with van der Waals surface area (Å²) >= 11 is 0. The molecule has 0 saturated heterocycles. The third kappa shape index (κ3) is 2.27. The molecule has 0 amide bonds. The highest BCUT2D eigenvalue weighted by Crippen LogP contribution is 2.38. The Bertz CT molecular complexity index is 591. The molecule has 0 spiro atoms. The van der Waals surface area contributed by atoms with E-state index in [1.165, 1.54) is 29.6 Å². The molecule has 2 aromatic carbocycles. The van der Waals surface area contributed by atoms with Gasteiger partial charge in [-0.15, -0.1) is 0 Å². The molecule has 0 aromatic heterocycles. The van der Waals surface area contributed by atoms with Gasteiger partial charge in [0.2, 0.25) is 0 Å². The van der Waals surface area contributed by atoms with E-state index in [4.69, 9.17) is 4.74 Å². The Hall–Kier alpha value is -2.29. The number of nitrogens with zero attached hydrogens (tertiary/aromatic N) is 1. The van der Waals surface area contributed by atoms with Crippen molar-refractivity contribution in [3.05, 3.63) is 59.7 Å². The Morgan fingerprint density at radius 3 is 2.15 bits per heavy atom. The van der Waals surface area contributed by atoms with Crippen LogP contribution in [0.1, 0.15) is 17.5 Å². The standard InChI is InChI=1S/C17H17NO2/c1-20-17(19)10-11-18-15-8-4-2-6-13(15)12-14-7-3-5-9-16(14)18/h2-9H,10-12H2,1H3. The number of benzene rings is 2. The van der Waals surface area contributed by atoms with Gasteiger partial charge in [-0.3, -0.25) is 4.79 Å². The summed E-state index contributed by atoms with van der Waals surface area (Å²) in [4.78, 5) is 13.6. The minimum absolute atomic E-state index is 0.175. The lowest BCUT2D eigenvalue weighted by Crippen LogP contribution is -2.26. The van der Waals surface area contributed by atoms with E-state index in [1.54, 1.807) is 0 Å². The zero-order valence-electron chi connectivity index (χ0n) is 11.5. The van der Waals surface area contributed by atoms with Gasteiger partial charge in [0, 0.05) is 24.3 Å². The average molecular weight is 267 g/mol. The molecule has 3 rings (SSSR count). The van der Waals surface area contributed by atoms with Gasteiger partial charge in [-0.25, -0.2) is 0 Å². The van der Waals surface area contributed by atoms with Crippen molar-refractivity contribution in [1.82, 2.24) is 0 Å². The highest BCUT2D eigenvalue weighted by atomic mass is 16.5. The molecule has 0 bridgehead atoms. The molecule has 0 N–H and O–H groups in total.